The fourth-order valence-electron chi connectivity index (χ4n) is 3.66. The zero-order valence-electron chi connectivity index (χ0n) is 14.6. The zero-order valence-corrected chi connectivity index (χ0v) is 14.6. The normalized spacial score (nSPS) is 25.9. The molecular formula is C18H38N2. The predicted octanol–water partition coefficient (Wildman–Crippen LogP) is 4.29. The predicted molar refractivity (Wildman–Crippen MR) is 89.9 cm³/mol. The third kappa shape index (κ3) is 6.13. The molecule has 20 heavy (non-hydrogen) atoms. The monoisotopic (exact) mass is 282 g/mol. The number of nitrogens with two attached hydrogens (primary N) is 1. The maximum Gasteiger partial charge on any atom is 0.00924 e. The Morgan fingerprint density at radius 2 is 1.70 bits per heavy atom. The van der Waals surface area contributed by atoms with Crippen LogP contribution in [0.15, 0.2) is 0 Å². The van der Waals surface area contributed by atoms with Gasteiger partial charge in [0.1, 0.15) is 0 Å². The quantitative estimate of drug-likeness (QED) is 0.755. The largest absolute Gasteiger partial charge is 0.330 e. The molecule has 1 aliphatic rings. The van der Waals surface area contributed by atoms with Crippen molar-refractivity contribution in [2.24, 2.45) is 23.0 Å². The first-order valence-corrected chi connectivity index (χ1v) is 8.75. The van der Waals surface area contributed by atoms with Crippen LogP contribution in [0.25, 0.3) is 0 Å². The molecule has 2 heteroatoms. The van der Waals surface area contributed by atoms with E-state index in [1.54, 1.807) is 0 Å². The van der Waals surface area contributed by atoms with Crippen LogP contribution in [0.3, 0.4) is 0 Å². The van der Waals surface area contributed by atoms with E-state index in [0.29, 0.717) is 5.41 Å². The van der Waals surface area contributed by atoms with E-state index in [9.17, 15) is 0 Å². The summed E-state index contributed by atoms with van der Waals surface area (Å²) in [5.41, 5.74) is 6.18. The summed E-state index contributed by atoms with van der Waals surface area (Å²) in [6.45, 7) is 11.6. The maximum absolute atomic E-state index is 5.78. The van der Waals surface area contributed by atoms with Gasteiger partial charge in [-0.3, -0.25) is 0 Å². The topological polar surface area (TPSA) is 29.3 Å². The Labute approximate surface area is 127 Å². The summed E-state index contributed by atoms with van der Waals surface area (Å²) in [7, 11) is 2.33. The highest BCUT2D eigenvalue weighted by atomic mass is 15.1. The van der Waals surface area contributed by atoms with Crippen molar-refractivity contribution in [1.82, 2.24) is 4.90 Å². The van der Waals surface area contributed by atoms with Crippen molar-refractivity contribution in [3.63, 3.8) is 0 Å². The van der Waals surface area contributed by atoms with Gasteiger partial charge in [0.05, 0.1) is 0 Å². The Bertz CT molecular complexity index is 249. The van der Waals surface area contributed by atoms with Crippen molar-refractivity contribution < 1.29 is 0 Å². The smallest absolute Gasteiger partial charge is 0.00924 e. The molecule has 0 bridgehead atoms. The molecule has 0 aromatic heterocycles. The Kier molecular flexibility index (Phi) is 7.53. The van der Waals surface area contributed by atoms with Crippen LogP contribution in [0.1, 0.15) is 72.6 Å². The van der Waals surface area contributed by atoms with E-state index in [1.165, 1.54) is 51.5 Å². The molecule has 2 nitrogen and oxygen atoms in total. The average molecular weight is 283 g/mol. The summed E-state index contributed by atoms with van der Waals surface area (Å²) in [4.78, 5) is 2.62. The lowest BCUT2D eigenvalue weighted by Gasteiger charge is -2.35. The van der Waals surface area contributed by atoms with Crippen LogP contribution in [0.2, 0.25) is 0 Å². The molecule has 1 atom stereocenters. The lowest BCUT2D eigenvalue weighted by atomic mass is 9.76. The van der Waals surface area contributed by atoms with Gasteiger partial charge in [-0.1, -0.05) is 27.7 Å². The van der Waals surface area contributed by atoms with Crippen LogP contribution < -0.4 is 5.73 Å². The molecular weight excluding hydrogens is 244 g/mol. The van der Waals surface area contributed by atoms with Gasteiger partial charge in [0.15, 0.2) is 0 Å². The van der Waals surface area contributed by atoms with E-state index in [2.05, 4.69) is 39.6 Å². The molecule has 0 saturated heterocycles. The molecule has 1 unspecified atom stereocenters. The summed E-state index contributed by atoms with van der Waals surface area (Å²) in [5.74, 6) is 1.72. The molecule has 1 aliphatic carbocycles. The van der Waals surface area contributed by atoms with Crippen molar-refractivity contribution in [2.75, 3.05) is 20.1 Å². The van der Waals surface area contributed by atoms with Crippen molar-refractivity contribution in [2.45, 2.75) is 78.7 Å². The molecule has 0 radical (unpaired) electrons. The first kappa shape index (κ1) is 18.0. The van der Waals surface area contributed by atoms with Crippen LogP contribution >= 0.6 is 0 Å². The average Bonchev–Trinajstić information content (AvgIpc) is 2.37. The minimum absolute atomic E-state index is 0.401. The molecule has 120 valence electrons. The van der Waals surface area contributed by atoms with E-state index in [4.69, 9.17) is 5.73 Å². The molecule has 0 aromatic rings. The van der Waals surface area contributed by atoms with Crippen LogP contribution in [0.5, 0.6) is 0 Å². The fourth-order valence-corrected chi connectivity index (χ4v) is 3.66. The second-order valence-electron chi connectivity index (χ2n) is 8.18. The molecule has 2 N–H and O–H groups in total. The summed E-state index contributed by atoms with van der Waals surface area (Å²) in [6, 6.07) is 0.841. The standard InChI is InChI=1S/C18H38N2/c1-15-8-10-17(11-9-15)20(5)14-6-7-16(12-13-19)18(2,3)4/h15-17H,6-14,19H2,1-5H3. The second-order valence-corrected chi connectivity index (χ2v) is 8.18. The highest BCUT2D eigenvalue weighted by Crippen LogP contribution is 2.32. The van der Waals surface area contributed by atoms with Gasteiger partial charge in [-0.15, -0.1) is 0 Å². The SMILES string of the molecule is CC1CCC(N(C)CCCC(CCN)C(C)(C)C)CC1. The molecule has 1 saturated carbocycles. The third-order valence-electron chi connectivity index (χ3n) is 5.41. The fraction of sp³-hybridized carbons (Fsp3) is 1.00. The van der Waals surface area contributed by atoms with Crippen molar-refractivity contribution >= 4 is 0 Å². The molecule has 0 heterocycles. The minimum Gasteiger partial charge on any atom is -0.330 e. The highest BCUT2D eigenvalue weighted by molar-refractivity contribution is 4.78. The molecule has 1 fully saturated rings. The van der Waals surface area contributed by atoms with Gasteiger partial charge in [-0.25, -0.2) is 0 Å². The Morgan fingerprint density at radius 1 is 1.10 bits per heavy atom. The van der Waals surface area contributed by atoms with Crippen LogP contribution in [-0.2, 0) is 0 Å². The highest BCUT2D eigenvalue weighted by Gasteiger charge is 2.25. The van der Waals surface area contributed by atoms with Gasteiger partial charge in [-0.2, -0.15) is 0 Å². The van der Waals surface area contributed by atoms with Gasteiger partial charge in [0.25, 0.3) is 0 Å². The van der Waals surface area contributed by atoms with Crippen LogP contribution in [0.4, 0.5) is 0 Å². The second kappa shape index (κ2) is 8.38. The van der Waals surface area contributed by atoms with Crippen LogP contribution in [0, 0.1) is 17.3 Å². The zero-order chi connectivity index (χ0) is 15.2. The maximum atomic E-state index is 5.78. The van der Waals surface area contributed by atoms with Crippen molar-refractivity contribution in [3.8, 4) is 0 Å². The van der Waals surface area contributed by atoms with Crippen molar-refractivity contribution in [1.29, 1.82) is 0 Å². The number of nitrogens with zero attached hydrogens (tertiary/aromatic N) is 1. The van der Waals surface area contributed by atoms with Gasteiger partial charge in [0, 0.05) is 6.04 Å². The number of hydrogen-bond acceptors (Lipinski definition) is 2. The molecule has 0 aliphatic heterocycles. The number of hydrogen-bond donors (Lipinski definition) is 1. The third-order valence-corrected chi connectivity index (χ3v) is 5.41. The van der Waals surface area contributed by atoms with E-state index in [0.717, 1.165) is 24.4 Å². The van der Waals surface area contributed by atoms with Gasteiger partial charge >= 0.3 is 0 Å². The van der Waals surface area contributed by atoms with E-state index in [1.807, 2.05) is 0 Å². The van der Waals surface area contributed by atoms with Crippen LogP contribution in [-0.4, -0.2) is 31.1 Å². The molecule has 0 spiro atoms. The summed E-state index contributed by atoms with van der Waals surface area (Å²) in [6.07, 6.45) is 9.48. The molecule has 0 aromatic carbocycles. The van der Waals surface area contributed by atoms with E-state index < -0.39 is 0 Å². The van der Waals surface area contributed by atoms with Crippen molar-refractivity contribution in [3.05, 3.63) is 0 Å². The van der Waals surface area contributed by atoms with E-state index in [-0.39, 0.29) is 0 Å². The Balaban J connectivity index is 2.28. The summed E-state index contributed by atoms with van der Waals surface area (Å²) in [5, 5.41) is 0. The van der Waals surface area contributed by atoms with E-state index >= 15 is 0 Å². The first-order chi connectivity index (χ1) is 9.34. The lowest BCUT2D eigenvalue weighted by molar-refractivity contribution is 0.153. The summed E-state index contributed by atoms with van der Waals surface area (Å²) >= 11 is 0. The number of rotatable bonds is 7. The first-order valence-electron chi connectivity index (χ1n) is 8.75. The van der Waals surface area contributed by atoms with Gasteiger partial charge in [0.2, 0.25) is 0 Å². The molecule has 0 amide bonds. The summed E-state index contributed by atoms with van der Waals surface area (Å²) < 4.78 is 0. The lowest BCUT2D eigenvalue weighted by Crippen LogP contribution is -2.36. The molecule has 1 rings (SSSR count). The van der Waals surface area contributed by atoms with Gasteiger partial charge in [-0.05, 0) is 82.3 Å². The van der Waals surface area contributed by atoms with Gasteiger partial charge < -0.3 is 10.6 Å². The Hall–Kier alpha value is -0.0800. The minimum atomic E-state index is 0.401. The Morgan fingerprint density at radius 3 is 2.20 bits per heavy atom.